The maximum absolute atomic E-state index is 13.0. The van der Waals surface area contributed by atoms with E-state index in [4.69, 9.17) is 0 Å². The number of anilines is 1. The molecule has 7 heteroatoms. The maximum Gasteiger partial charge on any atom is 0.272 e. The molecule has 0 radical (unpaired) electrons. The number of carbonyl (C=O) groups excluding carboxylic acids is 2. The summed E-state index contributed by atoms with van der Waals surface area (Å²) in [7, 11) is 1.90. The van der Waals surface area contributed by atoms with E-state index in [0.29, 0.717) is 16.3 Å². The summed E-state index contributed by atoms with van der Waals surface area (Å²) in [6, 6.07) is 3.98. The molecule has 142 valence electrons. The second-order valence-electron chi connectivity index (χ2n) is 7.26. The number of hydrogen-bond acceptors (Lipinski definition) is 4. The van der Waals surface area contributed by atoms with E-state index < -0.39 is 0 Å². The van der Waals surface area contributed by atoms with Gasteiger partial charge in [0.1, 0.15) is 10.7 Å². The molecule has 0 spiro atoms. The largest absolute Gasteiger partial charge is 0.350 e. The number of carbonyl (C=O) groups is 2. The van der Waals surface area contributed by atoms with E-state index in [1.54, 1.807) is 22.7 Å². The van der Waals surface area contributed by atoms with Crippen LogP contribution in [0.3, 0.4) is 0 Å². The van der Waals surface area contributed by atoms with Crippen molar-refractivity contribution in [3.63, 3.8) is 0 Å². The van der Waals surface area contributed by atoms with Crippen LogP contribution < -0.4 is 10.6 Å². The SMILES string of the molecule is CC(C)NC(=O)c1c(NC(=O)c2cc3sccc3n2C)sc2c1CCCC2. The van der Waals surface area contributed by atoms with Crippen LogP contribution in [0.1, 0.15) is 58.0 Å². The van der Waals surface area contributed by atoms with Crippen molar-refractivity contribution in [2.45, 2.75) is 45.6 Å². The Kier molecular flexibility index (Phi) is 4.82. The summed E-state index contributed by atoms with van der Waals surface area (Å²) in [5, 5.41) is 8.72. The van der Waals surface area contributed by atoms with E-state index in [2.05, 4.69) is 10.6 Å². The lowest BCUT2D eigenvalue weighted by atomic mass is 9.95. The molecule has 1 aliphatic carbocycles. The number of aryl methyl sites for hydroxylation is 2. The number of nitrogens with zero attached hydrogens (tertiary/aromatic N) is 1. The van der Waals surface area contributed by atoms with Crippen LogP contribution in [0.2, 0.25) is 0 Å². The molecule has 5 nitrogen and oxygen atoms in total. The van der Waals surface area contributed by atoms with Gasteiger partial charge in [0.15, 0.2) is 0 Å². The standard InChI is InChI=1S/C20H23N3O2S2/c1-11(2)21-19(25)17-12-6-4-5-7-15(12)27-20(17)22-18(24)14-10-16-13(23(14)3)8-9-26-16/h8-11H,4-7H2,1-3H3,(H,21,25)(H,22,24). The van der Waals surface area contributed by atoms with Crippen LogP contribution in [0.4, 0.5) is 5.00 Å². The van der Waals surface area contributed by atoms with E-state index in [-0.39, 0.29) is 17.9 Å². The van der Waals surface area contributed by atoms with E-state index in [1.165, 1.54) is 4.88 Å². The van der Waals surface area contributed by atoms with Crippen molar-refractivity contribution in [1.82, 2.24) is 9.88 Å². The van der Waals surface area contributed by atoms with Gasteiger partial charge in [-0.25, -0.2) is 0 Å². The predicted molar refractivity (Wildman–Crippen MR) is 112 cm³/mol. The molecular weight excluding hydrogens is 378 g/mol. The van der Waals surface area contributed by atoms with Crippen molar-refractivity contribution in [3.05, 3.63) is 39.2 Å². The summed E-state index contributed by atoms with van der Waals surface area (Å²) in [4.78, 5) is 27.0. The normalized spacial score (nSPS) is 13.8. The van der Waals surface area contributed by atoms with Gasteiger partial charge in [-0.2, -0.15) is 0 Å². The Morgan fingerprint density at radius 3 is 2.70 bits per heavy atom. The number of nitrogens with one attached hydrogen (secondary N) is 2. The quantitative estimate of drug-likeness (QED) is 0.673. The lowest BCUT2D eigenvalue weighted by Gasteiger charge is -2.14. The van der Waals surface area contributed by atoms with E-state index >= 15 is 0 Å². The zero-order valence-corrected chi connectivity index (χ0v) is 17.4. The van der Waals surface area contributed by atoms with Gasteiger partial charge in [0.2, 0.25) is 0 Å². The molecule has 0 fully saturated rings. The van der Waals surface area contributed by atoms with Crippen molar-refractivity contribution in [2.75, 3.05) is 5.32 Å². The fraction of sp³-hybridized carbons (Fsp3) is 0.400. The summed E-state index contributed by atoms with van der Waals surface area (Å²) in [5.41, 5.74) is 3.44. The fourth-order valence-corrected chi connectivity index (χ4v) is 5.79. The second kappa shape index (κ2) is 7.13. The molecule has 3 aromatic rings. The molecule has 4 rings (SSSR count). The van der Waals surface area contributed by atoms with Crippen LogP contribution in [0, 0.1) is 0 Å². The Morgan fingerprint density at radius 2 is 1.96 bits per heavy atom. The van der Waals surface area contributed by atoms with E-state index in [1.807, 2.05) is 43.0 Å². The van der Waals surface area contributed by atoms with Crippen LogP contribution in [0.25, 0.3) is 10.2 Å². The number of aromatic nitrogens is 1. The summed E-state index contributed by atoms with van der Waals surface area (Å²) >= 11 is 3.18. The van der Waals surface area contributed by atoms with Gasteiger partial charge in [0.25, 0.3) is 11.8 Å². The Morgan fingerprint density at radius 1 is 1.19 bits per heavy atom. The first-order chi connectivity index (χ1) is 13.0. The van der Waals surface area contributed by atoms with Crippen molar-refractivity contribution in [3.8, 4) is 0 Å². The lowest BCUT2D eigenvalue weighted by molar-refractivity contribution is 0.0943. The number of amides is 2. The molecule has 0 bridgehead atoms. The number of thiophene rings is 2. The van der Waals surface area contributed by atoms with Gasteiger partial charge in [-0.15, -0.1) is 22.7 Å². The predicted octanol–water partition coefficient (Wildman–Crippen LogP) is 4.57. The Hall–Kier alpha value is -2.12. The zero-order chi connectivity index (χ0) is 19.1. The maximum atomic E-state index is 13.0. The average Bonchev–Trinajstić information content (AvgIpc) is 3.28. The number of hydrogen-bond donors (Lipinski definition) is 2. The number of rotatable bonds is 4. The molecular formula is C20H23N3O2S2. The van der Waals surface area contributed by atoms with Crippen LogP contribution in [0.15, 0.2) is 17.5 Å². The summed E-state index contributed by atoms with van der Waals surface area (Å²) in [5.74, 6) is -0.259. The van der Waals surface area contributed by atoms with Gasteiger partial charge in [-0.3, -0.25) is 9.59 Å². The smallest absolute Gasteiger partial charge is 0.272 e. The average molecular weight is 402 g/mol. The van der Waals surface area contributed by atoms with Gasteiger partial charge in [-0.1, -0.05) is 0 Å². The van der Waals surface area contributed by atoms with Crippen molar-refractivity contribution in [1.29, 1.82) is 0 Å². The lowest BCUT2D eigenvalue weighted by Crippen LogP contribution is -2.31. The van der Waals surface area contributed by atoms with Gasteiger partial charge >= 0.3 is 0 Å². The first kappa shape index (κ1) is 18.3. The van der Waals surface area contributed by atoms with Crippen molar-refractivity contribution >= 4 is 49.7 Å². The molecule has 2 N–H and O–H groups in total. The highest BCUT2D eigenvalue weighted by Gasteiger charge is 2.27. The van der Waals surface area contributed by atoms with Gasteiger partial charge < -0.3 is 15.2 Å². The molecule has 0 aliphatic heterocycles. The minimum absolute atomic E-state index is 0.0554. The summed E-state index contributed by atoms with van der Waals surface area (Å²) in [6.07, 6.45) is 4.12. The molecule has 0 saturated heterocycles. The van der Waals surface area contributed by atoms with Gasteiger partial charge in [0.05, 0.1) is 15.8 Å². The summed E-state index contributed by atoms with van der Waals surface area (Å²) in [6.45, 7) is 3.90. The highest BCUT2D eigenvalue weighted by Crippen LogP contribution is 2.38. The molecule has 1 aliphatic rings. The highest BCUT2D eigenvalue weighted by molar-refractivity contribution is 7.17. The Labute approximate surface area is 166 Å². The van der Waals surface area contributed by atoms with Crippen molar-refractivity contribution < 1.29 is 9.59 Å². The van der Waals surface area contributed by atoms with E-state index in [9.17, 15) is 9.59 Å². The second-order valence-corrected chi connectivity index (χ2v) is 9.31. The van der Waals surface area contributed by atoms with Gasteiger partial charge in [0, 0.05) is 18.0 Å². The molecule has 2 amide bonds. The first-order valence-corrected chi connectivity index (χ1v) is 10.9. The van der Waals surface area contributed by atoms with Gasteiger partial charge in [-0.05, 0) is 62.6 Å². The molecule has 3 aromatic heterocycles. The monoisotopic (exact) mass is 401 g/mol. The van der Waals surface area contributed by atoms with Crippen LogP contribution >= 0.6 is 22.7 Å². The number of fused-ring (bicyclic) bond motifs is 2. The van der Waals surface area contributed by atoms with Crippen LogP contribution in [0.5, 0.6) is 0 Å². The fourth-order valence-electron chi connectivity index (χ4n) is 3.66. The molecule has 0 saturated carbocycles. The molecule has 0 atom stereocenters. The Balaban J connectivity index is 1.69. The summed E-state index contributed by atoms with van der Waals surface area (Å²) < 4.78 is 2.99. The zero-order valence-electron chi connectivity index (χ0n) is 15.7. The topological polar surface area (TPSA) is 63.1 Å². The third kappa shape index (κ3) is 3.30. The molecule has 27 heavy (non-hydrogen) atoms. The minimum atomic E-state index is -0.168. The third-order valence-electron chi connectivity index (χ3n) is 4.94. The Bertz CT molecular complexity index is 1030. The van der Waals surface area contributed by atoms with E-state index in [0.717, 1.165) is 41.5 Å². The van der Waals surface area contributed by atoms with Crippen LogP contribution in [-0.2, 0) is 19.9 Å². The third-order valence-corrected chi connectivity index (χ3v) is 7.00. The minimum Gasteiger partial charge on any atom is -0.350 e. The van der Waals surface area contributed by atoms with Crippen LogP contribution in [-0.4, -0.2) is 22.4 Å². The van der Waals surface area contributed by atoms with Crippen molar-refractivity contribution in [2.24, 2.45) is 7.05 Å². The molecule has 0 aromatic carbocycles. The molecule has 3 heterocycles. The first-order valence-electron chi connectivity index (χ1n) is 9.25. The molecule has 0 unspecified atom stereocenters. The highest BCUT2D eigenvalue weighted by atomic mass is 32.1.